The maximum Gasteiger partial charge on any atom is 0.0607 e. The first kappa shape index (κ1) is 13.0. The number of aryl methyl sites for hydroxylation is 1. The minimum absolute atomic E-state index is 0.175. The summed E-state index contributed by atoms with van der Waals surface area (Å²) in [7, 11) is 0. The normalized spacial score (nSPS) is 12.5. The van der Waals surface area contributed by atoms with Crippen molar-refractivity contribution < 1.29 is 0 Å². The Morgan fingerprint density at radius 3 is 2.81 bits per heavy atom. The van der Waals surface area contributed by atoms with E-state index in [9.17, 15) is 0 Å². The van der Waals surface area contributed by atoms with Crippen LogP contribution in [0.25, 0.3) is 6.08 Å². The van der Waals surface area contributed by atoms with E-state index in [-0.39, 0.29) is 5.54 Å². The molecule has 1 rings (SSSR count). The second kappa shape index (κ2) is 5.85. The van der Waals surface area contributed by atoms with Gasteiger partial charge in [0.05, 0.1) is 5.69 Å². The van der Waals surface area contributed by atoms with Crippen LogP contribution >= 0.6 is 0 Å². The maximum atomic E-state index is 4.28. The molecule has 0 bridgehead atoms. The van der Waals surface area contributed by atoms with Crippen molar-refractivity contribution >= 4 is 6.08 Å². The molecule has 0 atom stereocenters. The summed E-state index contributed by atoms with van der Waals surface area (Å²) in [6.45, 7) is 10.5. The molecule has 0 saturated heterocycles. The zero-order valence-corrected chi connectivity index (χ0v) is 10.8. The fourth-order valence-corrected chi connectivity index (χ4v) is 1.43. The molecule has 1 aromatic heterocycles. The van der Waals surface area contributed by atoms with E-state index in [1.165, 1.54) is 5.69 Å². The Balaban J connectivity index is 2.46. The molecule has 0 fully saturated rings. The Bertz CT molecular complexity index is 331. The molecule has 0 aliphatic carbocycles. The quantitative estimate of drug-likeness (QED) is 0.828. The van der Waals surface area contributed by atoms with E-state index in [0.29, 0.717) is 0 Å². The van der Waals surface area contributed by atoms with E-state index in [0.717, 1.165) is 19.5 Å². The van der Waals surface area contributed by atoms with Crippen LogP contribution in [-0.2, 0) is 6.54 Å². The average molecular weight is 221 g/mol. The number of rotatable bonds is 5. The van der Waals surface area contributed by atoms with Gasteiger partial charge in [-0.1, -0.05) is 13.0 Å². The first-order chi connectivity index (χ1) is 7.53. The molecule has 1 N–H and O–H groups in total. The summed E-state index contributed by atoms with van der Waals surface area (Å²) in [6, 6.07) is 2.04. The Labute approximate surface area is 98.5 Å². The Kier molecular flexibility index (Phi) is 4.74. The predicted octanol–water partition coefficient (Wildman–Crippen LogP) is 2.69. The standard InChI is InChI=1S/C13H23N3/c1-5-11-16-12(8-10-15-16)7-6-9-14-13(2,3)4/h6-8,10,14H,5,9,11H2,1-4H3/b7-6+. The lowest BCUT2D eigenvalue weighted by Crippen LogP contribution is -2.35. The van der Waals surface area contributed by atoms with Gasteiger partial charge in [-0.3, -0.25) is 4.68 Å². The van der Waals surface area contributed by atoms with Crippen LogP contribution in [0.1, 0.15) is 39.8 Å². The summed E-state index contributed by atoms with van der Waals surface area (Å²) in [5.74, 6) is 0. The van der Waals surface area contributed by atoms with Crippen molar-refractivity contribution in [3.8, 4) is 0 Å². The lowest BCUT2D eigenvalue weighted by atomic mass is 10.1. The molecule has 3 heteroatoms. The van der Waals surface area contributed by atoms with Crippen molar-refractivity contribution in [2.75, 3.05) is 6.54 Å². The molecule has 0 saturated carbocycles. The molecular weight excluding hydrogens is 198 g/mol. The van der Waals surface area contributed by atoms with Crippen LogP contribution in [0.5, 0.6) is 0 Å². The molecule has 0 amide bonds. The number of nitrogens with zero attached hydrogens (tertiary/aromatic N) is 2. The Morgan fingerprint density at radius 2 is 2.19 bits per heavy atom. The summed E-state index contributed by atoms with van der Waals surface area (Å²) in [6.07, 6.45) is 7.24. The van der Waals surface area contributed by atoms with Gasteiger partial charge in [-0.15, -0.1) is 0 Å². The molecule has 0 aliphatic heterocycles. The lowest BCUT2D eigenvalue weighted by Gasteiger charge is -2.18. The van der Waals surface area contributed by atoms with Gasteiger partial charge in [0.1, 0.15) is 0 Å². The van der Waals surface area contributed by atoms with E-state index >= 15 is 0 Å². The molecule has 0 spiro atoms. The number of hydrogen-bond donors (Lipinski definition) is 1. The Morgan fingerprint density at radius 1 is 1.44 bits per heavy atom. The predicted molar refractivity (Wildman–Crippen MR) is 69.3 cm³/mol. The fraction of sp³-hybridized carbons (Fsp3) is 0.615. The molecule has 1 aromatic rings. The minimum Gasteiger partial charge on any atom is -0.309 e. The third-order valence-electron chi connectivity index (χ3n) is 2.22. The largest absolute Gasteiger partial charge is 0.309 e. The van der Waals surface area contributed by atoms with Crippen molar-refractivity contribution in [1.82, 2.24) is 15.1 Å². The molecule has 90 valence electrons. The van der Waals surface area contributed by atoms with Gasteiger partial charge in [0, 0.05) is 24.8 Å². The average Bonchev–Trinajstić information content (AvgIpc) is 2.60. The van der Waals surface area contributed by atoms with Crippen molar-refractivity contribution in [2.24, 2.45) is 0 Å². The summed E-state index contributed by atoms with van der Waals surface area (Å²) in [5.41, 5.74) is 1.35. The highest BCUT2D eigenvalue weighted by Crippen LogP contribution is 2.03. The second-order valence-electron chi connectivity index (χ2n) is 5.01. The van der Waals surface area contributed by atoms with E-state index < -0.39 is 0 Å². The monoisotopic (exact) mass is 221 g/mol. The van der Waals surface area contributed by atoms with Crippen molar-refractivity contribution in [3.63, 3.8) is 0 Å². The molecule has 0 unspecified atom stereocenters. The van der Waals surface area contributed by atoms with E-state index in [1.54, 1.807) is 0 Å². The number of hydrogen-bond acceptors (Lipinski definition) is 2. The summed E-state index contributed by atoms with van der Waals surface area (Å²) < 4.78 is 2.04. The summed E-state index contributed by atoms with van der Waals surface area (Å²) in [5, 5.41) is 7.70. The molecule has 3 nitrogen and oxygen atoms in total. The molecule has 16 heavy (non-hydrogen) atoms. The smallest absolute Gasteiger partial charge is 0.0607 e. The Hall–Kier alpha value is -1.09. The van der Waals surface area contributed by atoms with Crippen LogP contribution in [0.3, 0.4) is 0 Å². The van der Waals surface area contributed by atoms with Crippen LogP contribution in [0.4, 0.5) is 0 Å². The van der Waals surface area contributed by atoms with E-state index in [1.807, 2.05) is 16.9 Å². The van der Waals surface area contributed by atoms with Gasteiger partial charge in [0.15, 0.2) is 0 Å². The summed E-state index contributed by atoms with van der Waals surface area (Å²) >= 11 is 0. The van der Waals surface area contributed by atoms with Crippen LogP contribution in [-0.4, -0.2) is 21.9 Å². The first-order valence-corrected chi connectivity index (χ1v) is 5.96. The van der Waals surface area contributed by atoms with Gasteiger partial charge in [-0.25, -0.2) is 0 Å². The molecule has 0 aromatic carbocycles. The van der Waals surface area contributed by atoms with Crippen molar-refractivity contribution in [2.45, 2.75) is 46.2 Å². The van der Waals surface area contributed by atoms with Gasteiger partial charge in [-0.05, 0) is 39.3 Å². The third kappa shape index (κ3) is 4.62. The highest BCUT2D eigenvalue weighted by atomic mass is 15.3. The fourth-order valence-electron chi connectivity index (χ4n) is 1.43. The van der Waals surface area contributed by atoms with Crippen molar-refractivity contribution in [3.05, 3.63) is 24.0 Å². The van der Waals surface area contributed by atoms with E-state index in [2.05, 4.69) is 50.3 Å². The van der Waals surface area contributed by atoms with Crippen LogP contribution in [0.2, 0.25) is 0 Å². The SMILES string of the molecule is CCCn1nccc1/C=C/CNC(C)(C)C. The molecular formula is C13H23N3. The van der Waals surface area contributed by atoms with E-state index in [4.69, 9.17) is 0 Å². The van der Waals surface area contributed by atoms with Crippen molar-refractivity contribution in [1.29, 1.82) is 0 Å². The lowest BCUT2D eigenvalue weighted by molar-refractivity contribution is 0.450. The minimum atomic E-state index is 0.175. The van der Waals surface area contributed by atoms with Gasteiger partial charge in [-0.2, -0.15) is 5.10 Å². The molecule has 0 aliphatic rings. The van der Waals surface area contributed by atoms with Gasteiger partial charge in [0.2, 0.25) is 0 Å². The number of nitrogens with one attached hydrogen (secondary N) is 1. The highest BCUT2D eigenvalue weighted by Gasteiger charge is 2.05. The third-order valence-corrected chi connectivity index (χ3v) is 2.22. The topological polar surface area (TPSA) is 29.9 Å². The summed E-state index contributed by atoms with van der Waals surface area (Å²) in [4.78, 5) is 0. The van der Waals surface area contributed by atoms with Crippen LogP contribution < -0.4 is 5.32 Å². The van der Waals surface area contributed by atoms with Crippen LogP contribution in [0.15, 0.2) is 18.3 Å². The molecule has 0 radical (unpaired) electrons. The van der Waals surface area contributed by atoms with Gasteiger partial charge in [0.25, 0.3) is 0 Å². The maximum absolute atomic E-state index is 4.28. The van der Waals surface area contributed by atoms with Crippen LogP contribution in [0, 0.1) is 0 Å². The second-order valence-corrected chi connectivity index (χ2v) is 5.01. The first-order valence-electron chi connectivity index (χ1n) is 5.96. The zero-order valence-electron chi connectivity index (χ0n) is 10.8. The molecule has 1 heterocycles. The highest BCUT2D eigenvalue weighted by molar-refractivity contribution is 5.44. The number of aromatic nitrogens is 2. The van der Waals surface area contributed by atoms with Gasteiger partial charge >= 0.3 is 0 Å². The van der Waals surface area contributed by atoms with Gasteiger partial charge < -0.3 is 5.32 Å². The zero-order chi connectivity index (χ0) is 12.0.